The van der Waals surface area contributed by atoms with E-state index in [1.807, 2.05) is 0 Å². The molecule has 0 heterocycles. The zero-order valence-corrected chi connectivity index (χ0v) is 11.4. The minimum atomic E-state index is -3.28. The fraction of sp³-hybridized carbons (Fsp3) is 1.00. The van der Waals surface area contributed by atoms with Crippen molar-refractivity contribution < 1.29 is 8.76 Å². The van der Waals surface area contributed by atoms with E-state index in [2.05, 4.69) is 20.8 Å². The minimum Gasteiger partial charge on any atom is -0.303 e. The van der Waals surface area contributed by atoms with Crippen LogP contribution in [0.4, 0.5) is 0 Å². The molecule has 0 amide bonds. The average molecular weight is 236 g/mol. The summed E-state index contributed by atoms with van der Waals surface area (Å²) in [6.07, 6.45) is 5.67. The van der Waals surface area contributed by atoms with Gasteiger partial charge in [-0.25, -0.2) is 4.21 Å². The van der Waals surface area contributed by atoms with Gasteiger partial charge in [-0.2, -0.15) is 9.35 Å². The van der Waals surface area contributed by atoms with E-state index >= 15 is 0 Å². The third-order valence-corrected chi connectivity index (χ3v) is 6.53. The van der Waals surface area contributed by atoms with E-state index < -0.39 is 9.35 Å². The largest absolute Gasteiger partial charge is 0.303 e. The van der Waals surface area contributed by atoms with Gasteiger partial charge in [0, 0.05) is 17.3 Å². The highest BCUT2D eigenvalue weighted by Gasteiger charge is 2.25. The van der Waals surface area contributed by atoms with Gasteiger partial charge in [0.2, 0.25) is 0 Å². The van der Waals surface area contributed by atoms with Gasteiger partial charge in [0.15, 0.2) is 0 Å². The SMILES string of the molecule is CCCCS(=O)(O)(CCCC)CCCC. The lowest BCUT2D eigenvalue weighted by Gasteiger charge is -2.43. The molecule has 0 radical (unpaired) electrons. The van der Waals surface area contributed by atoms with Crippen molar-refractivity contribution in [3.05, 3.63) is 0 Å². The second-order valence-corrected chi connectivity index (χ2v) is 8.68. The normalized spacial score (nSPS) is 14.8. The van der Waals surface area contributed by atoms with Gasteiger partial charge in [-0.3, -0.25) is 0 Å². The molecule has 0 fully saturated rings. The summed E-state index contributed by atoms with van der Waals surface area (Å²) in [6.45, 7) is 6.23. The topological polar surface area (TPSA) is 37.3 Å². The van der Waals surface area contributed by atoms with Crippen LogP contribution < -0.4 is 0 Å². The second kappa shape index (κ2) is 6.64. The van der Waals surface area contributed by atoms with Crippen LogP contribution in [0.5, 0.6) is 0 Å². The molecule has 0 aliphatic heterocycles. The predicted octanol–water partition coefficient (Wildman–Crippen LogP) is 3.68. The highest BCUT2D eigenvalue weighted by Crippen LogP contribution is 2.26. The minimum absolute atomic E-state index is 0.522. The smallest absolute Gasteiger partial charge is 0.0341 e. The summed E-state index contributed by atoms with van der Waals surface area (Å²) in [4.78, 5) is 0. The van der Waals surface area contributed by atoms with Gasteiger partial charge in [0.25, 0.3) is 0 Å². The van der Waals surface area contributed by atoms with E-state index in [0.29, 0.717) is 17.3 Å². The van der Waals surface area contributed by atoms with Crippen LogP contribution in [0.1, 0.15) is 59.3 Å². The Bertz CT molecular complexity index is 192. The Labute approximate surface area is 95.1 Å². The Kier molecular flexibility index (Phi) is 6.69. The van der Waals surface area contributed by atoms with Gasteiger partial charge in [0.1, 0.15) is 0 Å². The summed E-state index contributed by atoms with van der Waals surface area (Å²) in [6, 6.07) is 0. The summed E-state index contributed by atoms with van der Waals surface area (Å²) in [5, 5.41) is 0. The van der Waals surface area contributed by atoms with Crippen molar-refractivity contribution >= 4 is 9.35 Å². The summed E-state index contributed by atoms with van der Waals surface area (Å²) in [7, 11) is -3.28. The van der Waals surface area contributed by atoms with Crippen molar-refractivity contribution in [2.45, 2.75) is 59.3 Å². The first-order valence-corrected chi connectivity index (χ1v) is 8.77. The number of unbranched alkanes of at least 4 members (excludes halogenated alkanes) is 3. The monoisotopic (exact) mass is 236 g/mol. The van der Waals surface area contributed by atoms with Crippen molar-refractivity contribution in [3.8, 4) is 0 Å². The molecule has 0 spiro atoms. The summed E-state index contributed by atoms with van der Waals surface area (Å²) >= 11 is 0. The molecule has 0 aromatic carbocycles. The van der Waals surface area contributed by atoms with Gasteiger partial charge in [-0.05, 0) is 19.3 Å². The molecular weight excluding hydrogens is 208 g/mol. The maximum atomic E-state index is 12.6. The van der Waals surface area contributed by atoms with Gasteiger partial charge >= 0.3 is 0 Å². The Balaban J connectivity index is 4.41. The fourth-order valence-electron chi connectivity index (χ4n) is 1.72. The van der Waals surface area contributed by atoms with E-state index in [1.54, 1.807) is 0 Å². The van der Waals surface area contributed by atoms with E-state index in [0.717, 1.165) is 38.5 Å². The molecule has 0 aromatic rings. The van der Waals surface area contributed by atoms with Crippen molar-refractivity contribution in [3.63, 3.8) is 0 Å². The first-order valence-electron chi connectivity index (χ1n) is 6.34. The van der Waals surface area contributed by atoms with Crippen molar-refractivity contribution in [2.24, 2.45) is 0 Å². The van der Waals surface area contributed by atoms with Gasteiger partial charge in [-0.15, -0.1) is 0 Å². The van der Waals surface area contributed by atoms with Crippen LogP contribution in [0, 0.1) is 0 Å². The molecule has 0 aliphatic rings. The van der Waals surface area contributed by atoms with Crippen LogP contribution in [0.25, 0.3) is 0 Å². The van der Waals surface area contributed by atoms with Crippen molar-refractivity contribution in [1.29, 1.82) is 0 Å². The quantitative estimate of drug-likeness (QED) is 0.663. The summed E-state index contributed by atoms with van der Waals surface area (Å²) in [5.41, 5.74) is 0. The van der Waals surface area contributed by atoms with Crippen LogP contribution in [0.15, 0.2) is 0 Å². The standard InChI is InChI=1S/C12H28O2S/c1-4-7-10-15(13,14,11-8-5-2)12-9-6-3/h4-12H2,1-3H3,(H,13,14). The Hall–Kier alpha value is 0.110. The molecule has 0 aromatic heterocycles. The van der Waals surface area contributed by atoms with Crippen molar-refractivity contribution in [1.82, 2.24) is 0 Å². The lowest BCUT2D eigenvalue weighted by atomic mass is 10.4. The van der Waals surface area contributed by atoms with E-state index in [-0.39, 0.29) is 0 Å². The van der Waals surface area contributed by atoms with Crippen LogP contribution in [-0.4, -0.2) is 26.0 Å². The highest BCUT2D eigenvalue weighted by atomic mass is 32.3. The molecule has 0 rings (SSSR count). The summed E-state index contributed by atoms with van der Waals surface area (Å²) < 4.78 is 23.0. The van der Waals surface area contributed by atoms with Crippen LogP contribution >= 0.6 is 0 Å². The molecule has 3 heteroatoms. The maximum Gasteiger partial charge on any atom is 0.0341 e. The number of rotatable bonds is 9. The molecule has 15 heavy (non-hydrogen) atoms. The van der Waals surface area contributed by atoms with Crippen molar-refractivity contribution in [2.75, 3.05) is 17.3 Å². The van der Waals surface area contributed by atoms with Gasteiger partial charge in [-0.1, -0.05) is 40.0 Å². The van der Waals surface area contributed by atoms with E-state index in [4.69, 9.17) is 0 Å². The second-order valence-electron chi connectivity index (χ2n) is 4.60. The molecule has 0 unspecified atom stereocenters. The van der Waals surface area contributed by atoms with Crippen LogP contribution in [0.3, 0.4) is 0 Å². The molecule has 0 atom stereocenters. The molecule has 2 nitrogen and oxygen atoms in total. The third kappa shape index (κ3) is 6.31. The first-order chi connectivity index (χ1) is 6.96. The number of hydrogen-bond acceptors (Lipinski definition) is 1. The molecule has 1 N–H and O–H groups in total. The molecule has 0 saturated heterocycles. The molecule has 0 aliphatic carbocycles. The Morgan fingerprint density at radius 1 is 0.800 bits per heavy atom. The van der Waals surface area contributed by atoms with E-state index in [9.17, 15) is 8.76 Å². The van der Waals surface area contributed by atoms with Gasteiger partial charge in [0.05, 0.1) is 0 Å². The Morgan fingerprint density at radius 3 is 1.27 bits per heavy atom. The first kappa shape index (κ1) is 15.1. The fourth-order valence-corrected chi connectivity index (χ4v) is 5.17. The van der Waals surface area contributed by atoms with Crippen LogP contribution in [-0.2, 0) is 9.35 Å². The summed E-state index contributed by atoms with van der Waals surface area (Å²) in [5.74, 6) is 1.56. The zero-order chi connectivity index (χ0) is 11.8. The molecule has 94 valence electrons. The third-order valence-electron chi connectivity index (χ3n) is 2.88. The lowest BCUT2D eigenvalue weighted by molar-refractivity contribution is 0.501. The van der Waals surface area contributed by atoms with Gasteiger partial charge < -0.3 is 4.55 Å². The highest BCUT2D eigenvalue weighted by molar-refractivity contribution is 8.15. The molecule has 0 bridgehead atoms. The van der Waals surface area contributed by atoms with E-state index in [1.165, 1.54) is 0 Å². The molecule has 0 saturated carbocycles. The maximum absolute atomic E-state index is 12.6. The average Bonchev–Trinajstić information content (AvgIpc) is 2.22. The molecular formula is C12H28O2S. The Morgan fingerprint density at radius 2 is 1.07 bits per heavy atom. The zero-order valence-electron chi connectivity index (χ0n) is 10.6. The lowest BCUT2D eigenvalue weighted by Crippen LogP contribution is -2.42. The number of hydrogen-bond donors (Lipinski definition) is 1. The predicted molar refractivity (Wildman–Crippen MR) is 70.1 cm³/mol. The van der Waals surface area contributed by atoms with Crippen LogP contribution in [0.2, 0.25) is 0 Å².